The number of hydrogen-bond acceptors (Lipinski definition) is 3. The topological polar surface area (TPSA) is 69.6 Å². The predicted octanol–water partition coefficient (Wildman–Crippen LogP) is 2.06. The number of carboxylic acid groups (broad SMARTS) is 1. The molecule has 1 aromatic rings. The van der Waals surface area contributed by atoms with Crippen molar-refractivity contribution in [1.82, 2.24) is 0 Å². The second-order valence-electron chi connectivity index (χ2n) is 3.52. The quantitative estimate of drug-likeness (QED) is 0.649. The molecule has 0 heterocycles. The van der Waals surface area contributed by atoms with E-state index in [0.717, 1.165) is 5.69 Å². The van der Waals surface area contributed by atoms with Gasteiger partial charge in [-0.3, -0.25) is 4.79 Å². The highest BCUT2D eigenvalue weighted by molar-refractivity contribution is 5.66. The zero-order valence-corrected chi connectivity index (χ0v) is 8.60. The summed E-state index contributed by atoms with van der Waals surface area (Å²) in [5, 5.41) is 20.7. The number of phenolic OH excluding ortho intramolecular Hbond substituents is 1. The molecule has 0 fully saturated rings. The van der Waals surface area contributed by atoms with Gasteiger partial charge in [-0.05, 0) is 37.6 Å². The van der Waals surface area contributed by atoms with E-state index in [0.29, 0.717) is 6.42 Å². The molecule has 1 rings (SSSR count). The summed E-state index contributed by atoms with van der Waals surface area (Å²) >= 11 is 0. The van der Waals surface area contributed by atoms with Crippen LogP contribution in [-0.4, -0.2) is 22.2 Å². The third-order valence-corrected chi connectivity index (χ3v) is 2.07. The van der Waals surface area contributed by atoms with Crippen molar-refractivity contribution < 1.29 is 15.0 Å². The Labute approximate surface area is 88.6 Å². The van der Waals surface area contributed by atoms with Crippen molar-refractivity contribution in [3.05, 3.63) is 24.3 Å². The number of aliphatic carboxylic acids is 1. The first-order valence-electron chi connectivity index (χ1n) is 4.85. The van der Waals surface area contributed by atoms with Gasteiger partial charge in [-0.15, -0.1) is 0 Å². The molecule has 0 aliphatic rings. The molecular formula is C11H15NO3. The third kappa shape index (κ3) is 4.35. The molecule has 0 amide bonds. The van der Waals surface area contributed by atoms with Gasteiger partial charge in [-0.25, -0.2) is 0 Å². The van der Waals surface area contributed by atoms with Crippen LogP contribution in [-0.2, 0) is 4.79 Å². The minimum atomic E-state index is -0.783. The lowest BCUT2D eigenvalue weighted by Gasteiger charge is -2.13. The number of phenols is 1. The van der Waals surface area contributed by atoms with Crippen molar-refractivity contribution in [2.75, 3.05) is 5.32 Å². The van der Waals surface area contributed by atoms with Crippen LogP contribution in [0, 0.1) is 0 Å². The molecule has 1 aromatic carbocycles. The van der Waals surface area contributed by atoms with Crippen molar-refractivity contribution in [3.8, 4) is 5.75 Å². The monoisotopic (exact) mass is 209 g/mol. The van der Waals surface area contributed by atoms with Crippen molar-refractivity contribution in [2.45, 2.75) is 25.8 Å². The number of carboxylic acids is 1. The molecule has 0 aromatic heterocycles. The maximum absolute atomic E-state index is 10.3. The SMILES string of the molecule is CC(CCC(=O)O)Nc1ccc(O)cc1. The molecule has 1 atom stereocenters. The first-order valence-corrected chi connectivity index (χ1v) is 4.85. The number of anilines is 1. The molecule has 4 nitrogen and oxygen atoms in total. The van der Waals surface area contributed by atoms with Gasteiger partial charge in [0.1, 0.15) is 5.75 Å². The highest BCUT2D eigenvalue weighted by atomic mass is 16.4. The van der Waals surface area contributed by atoms with E-state index in [9.17, 15) is 4.79 Å². The Bertz CT molecular complexity index is 321. The summed E-state index contributed by atoms with van der Waals surface area (Å²) in [5.74, 6) is -0.562. The summed E-state index contributed by atoms with van der Waals surface area (Å²) in [4.78, 5) is 10.3. The van der Waals surface area contributed by atoms with E-state index in [1.165, 1.54) is 0 Å². The fourth-order valence-corrected chi connectivity index (χ4v) is 1.25. The van der Waals surface area contributed by atoms with E-state index >= 15 is 0 Å². The number of rotatable bonds is 5. The van der Waals surface area contributed by atoms with E-state index in [1.54, 1.807) is 24.3 Å². The normalized spacial score (nSPS) is 12.1. The molecule has 0 saturated heterocycles. The van der Waals surface area contributed by atoms with Crippen LogP contribution in [0.4, 0.5) is 5.69 Å². The number of carbonyl (C=O) groups is 1. The predicted molar refractivity (Wildman–Crippen MR) is 58.1 cm³/mol. The summed E-state index contributed by atoms with van der Waals surface area (Å²) in [6.07, 6.45) is 0.739. The number of hydrogen-bond donors (Lipinski definition) is 3. The molecule has 3 N–H and O–H groups in total. The summed E-state index contributed by atoms with van der Waals surface area (Å²) < 4.78 is 0. The fourth-order valence-electron chi connectivity index (χ4n) is 1.25. The van der Waals surface area contributed by atoms with Crippen LogP contribution in [0.1, 0.15) is 19.8 Å². The Balaban J connectivity index is 2.40. The summed E-state index contributed by atoms with van der Waals surface area (Å²) in [6.45, 7) is 1.93. The molecule has 15 heavy (non-hydrogen) atoms. The summed E-state index contributed by atoms with van der Waals surface area (Å²) in [6, 6.07) is 6.79. The second-order valence-corrected chi connectivity index (χ2v) is 3.52. The zero-order chi connectivity index (χ0) is 11.3. The molecule has 0 radical (unpaired) electrons. The molecule has 0 aliphatic carbocycles. The standard InChI is InChI=1S/C11H15NO3/c1-8(2-7-11(14)15)12-9-3-5-10(13)6-4-9/h3-6,8,12-13H,2,7H2,1H3,(H,14,15). The van der Waals surface area contributed by atoms with Gasteiger partial charge >= 0.3 is 5.97 Å². The summed E-state index contributed by atoms with van der Waals surface area (Å²) in [7, 11) is 0. The Morgan fingerprint density at radius 2 is 2.00 bits per heavy atom. The molecular weight excluding hydrogens is 194 g/mol. The second kappa shape index (κ2) is 5.24. The van der Waals surface area contributed by atoms with Crippen LogP contribution in [0.5, 0.6) is 5.75 Å². The van der Waals surface area contributed by atoms with E-state index in [2.05, 4.69) is 5.32 Å². The van der Waals surface area contributed by atoms with Crippen LogP contribution >= 0.6 is 0 Å². The molecule has 0 bridgehead atoms. The van der Waals surface area contributed by atoms with Crippen molar-refractivity contribution in [2.24, 2.45) is 0 Å². The molecule has 0 spiro atoms. The Hall–Kier alpha value is -1.71. The largest absolute Gasteiger partial charge is 0.508 e. The van der Waals surface area contributed by atoms with E-state index < -0.39 is 5.97 Å². The minimum absolute atomic E-state index is 0.102. The van der Waals surface area contributed by atoms with Gasteiger partial charge in [-0.2, -0.15) is 0 Å². The lowest BCUT2D eigenvalue weighted by Crippen LogP contribution is -2.16. The smallest absolute Gasteiger partial charge is 0.303 e. The zero-order valence-electron chi connectivity index (χ0n) is 8.60. The van der Waals surface area contributed by atoms with Crippen LogP contribution < -0.4 is 5.32 Å². The Morgan fingerprint density at radius 1 is 1.40 bits per heavy atom. The lowest BCUT2D eigenvalue weighted by molar-refractivity contribution is -0.137. The molecule has 4 heteroatoms. The Kier molecular flexibility index (Phi) is 3.97. The summed E-state index contributed by atoms with van der Waals surface area (Å²) in [5.41, 5.74) is 0.880. The first kappa shape index (κ1) is 11.4. The van der Waals surface area contributed by atoms with Crippen LogP contribution in [0.15, 0.2) is 24.3 Å². The van der Waals surface area contributed by atoms with Gasteiger partial charge in [0.15, 0.2) is 0 Å². The van der Waals surface area contributed by atoms with Gasteiger partial charge in [-0.1, -0.05) is 0 Å². The number of benzene rings is 1. The van der Waals surface area contributed by atoms with Gasteiger partial charge in [0.25, 0.3) is 0 Å². The minimum Gasteiger partial charge on any atom is -0.508 e. The van der Waals surface area contributed by atoms with Crippen LogP contribution in [0.25, 0.3) is 0 Å². The molecule has 0 saturated carbocycles. The van der Waals surface area contributed by atoms with E-state index in [1.807, 2.05) is 6.92 Å². The maximum Gasteiger partial charge on any atom is 0.303 e. The average Bonchev–Trinajstić information content (AvgIpc) is 2.19. The highest BCUT2D eigenvalue weighted by Crippen LogP contribution is 2.15. The van der Waals surface area contributed by atoms with Crippen molar-refractivity contribution >= 4 is 11.7 Å². The average molecular weight is 209 g/mol. The fraction of sp³-hybridized carbons (Fsp3) is 0.364. The molecule has 82 valence electrons. The van der Waals surface area contributed by atoms with Crippen molar-refractivity contribution in [1.29, 1.82) is 0 Å². The van der Waals surface area contributed by atoms with E-state index in [4.69, 9.17) is 10.2 Å². The van der Waals surface area contributed by atoms with E-state index in [-0.39, 0.29) is 18.2 Å². The van der Waals surface area contributed by atoms with Crippen molar-refractivity contribution in [3.63, 3.8) is 0 Å². The Morgan fingerprint density at radius 3 is 2.53 bits per heavy atom. The van der Waals surface area contributed by atoms with Gasteiger partial charge in [0.2, 0.25) is 0 Å². The lowest BCUT2D eigenvalue weighted by atomic mass is 10.1. The van der Waals surface area contributed by atoms with Gasteiger partial charge in [0.05, 0.1) is 0 Å². The third-order valence-electron chi connectivity index (χ3n) is 2.07. The van der Waals surface area contributed by atoms with Crippen LogP contribution in [0.2, 0.25) is 0 Å². The number of nitrogens with one attached hydrogen (secondary N) is 1. The first-order chi connectivity index (χ1) is 7.08. The highest BCUT2D eigenvalue weighted by Gasteiger charge is 2.04. The number of aromatic hydroxyl groups is 1. The van der Waals surface area contributed by atoms with Gasteiger partial charge < -0.3 is 15.5 Å². The molecule has 1 unspecified atom stereocenters. The maximum atomic E-state index is 10.3. The van der Waals surface area contributed by atoms with Gasteiger partial charge in [0, 0.05) is 18.2 Å². The van der Waals surface area contributed by atoms with Crippen LogP contribution in [0.3, 0.4) is 0 Å². The molecule has 0 aliphatic heterocycles.